The highest BCUT2D eigenvalue weighted by atomic mass is 16.5. The summed E-state index contributed by atoms with van der Waals surface area (Å²) in [6.07, 6.45) is 4.84. The van der Waals surface area contributed by atoms with Gasteiger partial charge in [0.2, 0.25) is 0 Å². The molecule has 0 aromatic rings. The summed E-state index contributed by atoms with van der Waals surface area (Å²) >= 11 is 0. The third-order valence-electron chi connectivity index (χ3n) is 4.12. The molecule has 2 rings (SSSR count). The first-order chi connectivity index (χ1) is 7.27. The molecule has 2 fully saturated rings. The summed E-state index contributed by atoms with van der Waals surface area (Å²) in [4.78, 5) is 2.63. The molecule has 0 bridgehead atoms. The number of hydrogen-bond donors (Lipinski definition) is 1. The van der Waals surface area contributed by atoms with Crippen molar-refractivity contribution in [2.24, 2.45) is 11.7 Å². The number of hydrogen-bond acceptors (Lipinski definition) is 3. The normalized spacial score (nSPS) is 39.2. The van der Waals surface area contributed by atoms with Crippen LogP contribution in [-0.2, 0) is 4.74 Å². The van der Waals surface area contributed by atoms with Crippen molar-refractivity contribution in [1.29, 1.82) is 0 Å². The predicted octanol–water partition coefficient (Wildman–Crippen LogP) is 1.23. The van der Waals surface area contributed by atoms with Gasteiger partial charge in [-0.05, 0) is 38.1 Å². The van der Waals surface area contributed by atoms with E-state index in [1.54, 1.807) is 0 Å². The van der Waals surface area contributed by atoms with Crippen LogP contribution in [-0.4, -0.2) is 43.3 Å². The Kier molecular flexibility index (Phi) is 3.65. The Labute approximate surface area is 93.0 Å². The highest BCUT2D eigenvalue weighted by molar-refractivity contribution is 4.95. The van der Waals surface area contributed by atoms with Crippen molar-refractivity contribution in [3.63, 3.8) is 0 Å². The van der Waals surface area contributed by atoms with Crippen LogP contribution in [0.5, 0.6) is 0 Å². The molecule has 0 aliphatic carbocycles. The van der Waals surface area contributed by atoms with Gasteiger partial charge in [-0.15, -0.1) is 0 Å². The Morgan fingerprint density at radius 2 is 2.27 bits per heavy atom. The topological polar surface area (TPSA) is 38.5 Å². The Morgan fingerprint density at radius 3 is 2.93 bits per heavy atom. The summed E-state index contributed by atoms with van der Waals surface area (Å²) < 4.78 is 5.56. The van der Waals surface area contributed by atoms with E-state index >= 15 is 0 Å². The Bertz CT molecular complexity index is 200. The van der Waals surface area contributed by atoms with E-state index in [0.717, 1.165) is 32.1 Å². The molecule has 15 heavy (non-hydrogen) atoms. The molecule has 2 aliphatic heterocycles. The van der Waals surface area contributed by atoms with Crippen LogP contribution in [0, 0.1) is 5.92 Å². The molecule has 0 amide bonds. The summed E-state index contributed by atoms with van der Waals surface area (Å²) in [5, 5.41) is 0. The van der Waals surface area contributed by atoms with Crippen LogP contribution in [0.2, 0.25) is 0 Å². The molecule has 0 saturated carbocycles. The van der Waals surface area contributed by atoms with Crippen LogP contribution in [0.25, 0.3) is 0 Å². The van der Waals surface area contributed by atoms with Gasteiger partial charge in [-0.25, -0.2) is 0 Å². The lowest BCUT2D eigenvalue weighted by Gasteiger charge is -2.40. The quantitative estimate of drug-likeness (QED) is 0.748. The van der Waals surface area contributed by atoms with Crippen molar-refractivity contribution < 1.29 is 4.74 Å². The molecule has 2 N–H and O–H groups in total. The van der Waals surface area contributed by atoms with Crippen LogP contribution < -0.4 is 5.73 Å². The van der Waals surface area contributed by atoms with Gasteiger partial charge in [-0.3, -0.25) is 4.90 Å². The van der Waals surface area contributed by atoms with E-state index in [1.807, 2.05) is 0 Å². The van der Waals surface area contributed by atoms with Crippen LogP contribution in [0.3, 0.4) is 0 Å². The van der Waals surface area contributed by atoms with Crippen LogP contribution in [0.1, 0.15) is 32.6 Å². The molecule has 3 nitrogen and oxygen atoms in total. The smallest absolute Gasteiger partial charge is 0.0484 e. The van der Waals surface area contributed by atoms with E-state index in [1.165, 1.54) is 32.4 Å². The SMILES string of the molecule is CC1CCN(C2(CN)CCCOCC2)C1. The van der Waals surface area contributed by atoms with Crippen molar-refractivity contribution in [1.82, 2.24) is 4.90 Å². The Hall–Kier alpha value is -0.120. The van der Waals surface area contributed by atoms with Crippen LogP contribution in [0.15, 0.2) is 0 Å². The van der Waals surface area contributed by atoms with E-state index in [9.17, 15) is 0 Å². The lowest BCUT2D eigenvalue weighted by molar-refractivity contribution is 0.0850. The zero-order chi connectivity index (χ0) is 10.7. The zero-order valence-electron chi connectivity index (χ0n) is 9.87. The third-order valence-corrected chi connectivity index (χ3v) is 4.12. The van der Waals surface area contributed by atoms with E-state index in [2.05, 4.69) is 11.8 Å². The van der Waals surface area contributed by atoms with Crippen LogP contribution in [0.4, 0.5) is 0 Å². The summed E-state index contributed by atoms with van der Waals surface area (Å²) in [5.41, 5.74) is 6.29. The molecule has 3 heteroatoms. The Balaban J connectivity index is 2.05. The van der Waals surface area contributed by atoms with E-state index < -0.39 is 0 Å². The fraction of sp³-hybridized carbons (Fsp3) is 1.00. The maximum absolute atomic E-state index is 6.04. The summed E-state index contributed by atoms with van der Waals surface area (Å²) in [6, 6.07) is 0. The number of nitrogens with two attached hydrogens (primary N) is 1. The van der Waals surface area contributed by atoms with E-state index in [0.29, 0.717) is 0 Å². The van der Waals surface area contributed by atoms with Gasteiger partial charge in [-0.2, -0.15) is 0 Å². The predicted molar refractivity (Wildman–Crippen MR) is 61.8 cm³/mol. The molecule has 2 unspecified atom stereocenters. The monoisotopic (exact) mass is 212 g/mol. The highest BCUT2D eigenvalue weighted by Crippen LogP contribution is 2.32. The average molecular weight is 212 g/mol. The third kappa shape index (κ3) is 2.35. The molecule has 0 aromatic heterocycles. The first-order valence-electron chi connectivity index (χ1n) is 6.30. The number of rotatable bonds is 2. The van der Waals surface area contributed by atoms with Crippen LogP contribution >= 0.6 is 0 Å². The summed E-state index contributed by atoms with van der Waals surface area (Å²) in [5.74, 6) is 0.845. The van der Waals surface area contributed by atoms with Gasteiger partial charge in [0.15, 0.2) is 0 Å². The largest absolute Gasteiger partial charge is 0.381 e. The molecule has 2 atom stereocenters. The second kappa shape index (κ2) is 4.81. The van der Waals surface area contributed by atoms with Crippen molar-refractivity contribution in [2.75, 3.05) is 32.8 Å². The average Bonchev–Trinajstić information content (AvgIpc) is 2.56. The van der Waals surface area contributed by atoms with Crippen molar-refractivity contribution in [2.45, 2.75) is 38.1 Å². The number of ether oxygens (including phenoxy) is 1. The van der Waals surface area contributed by atoms with Gasteiger partial charge in [0.05, 0.1) is 0 Å². The first-order valence-corrected chi connectivity index (χ1v) is 6.30. The molecule has 2 heterocycles. The van der Waals surface area contributed by atoms with Gasteiger partial charge in [-0.1, -0.05) is 6.92 Å². The second-order valence-electron chi connectivity index (χ2n) is 5.23. The standard InChI is InChI=1S/C12H24N2O/c1-11-3-6-14(9-11)12(10-13)4-2-7-15-8-5-12/h11H,2-10,13H2,1H3. The van der Waals surface area contributed by atoms with Crippen molar-refractivity contribution >= 4 is 0 Å². The maximum Gasteiger partial charge on any atom is 0.0484 e. The molecule has 0 aromatic carbocycles. The first kappa shape index (κ1) is 11.4. The minimum atomic E-state index is 0.251. The molecular weight excluding hydrogens is 188 g/mol. The maximum atomic E-state index is 6.04. The van der Waals surface area contributed by atoms with Crippen molar-refractivity contribution in [3.8, 4) is 0 Å². The molecular formula is C12H24N2O. The van der Waals surface area contributed by atoms with Gasteiger partial charge in [0, 0.05) is 31.8 Å². The molecule has 2 aliphatic rings. The highest BCUT2D eigenvalue weighted by Gasteiger charge is 2.38. The lowest BCUT2D eigenvalue weighted by Crippen LogP contribution is -2.53. The fourth-order valence-corrected chi connectivity index (χ4v) is 3.01. The second-order valence-corrected chi connectivity index (χ2v) is 5.23. The van der Waals surface area contributed by atoms with E-state index in [-0.39, 0.29) is 5.54 Å². The number of likely N-dealkylation sites (tertiary alicyclic amines) is 1. The Morgan fingerprint density at radius 1 is 1.40 bits per heavy atom. The molecule has 2 saturated heterocycles. The van der Waals surface area contributed by atoms with Gasteiger partial charge >= 0.3 is 0 Å². The fourth-order valence-electron chi connectivity index (χ4n) is 3.01. The number of nitrogens with zero attached hydrogens (tertiary/aromatic N) is 1. The minimum Gasteiger partial charge on any atom is -0.381 e. The van der Waals surface area contributed by atoms with Gasteiger partial charge < -0.3 is 10.5 Å². The van der Waals surface area contributed by atoms with Crippen molar-refractivity contribution in [3.05, 3.63) is 0 Å². The minimum absolute atomic E-state index is 0.251. The molecule has 0 radical (unpaired) electrons. The zero-order valence-corrected chi connectivity index (χ0v) is 9.87. The molecule has 0 spiro atoms. The summed E-state index contributed by atoms with van der Waals surface area (Å²) in [7, 11) is 0. The van der Waals surface area contributed by atoms with E-state index in [4.69, 9.17) is 10.5 Å². The lowest BCUT2D eigenvalue weighted by atomic mass is 9.89. The van der Waals surface area contributed by atoms with Gasteiger partial charge in [0.25, 0.3) is 0 Å². The molecule has 88 valence electrons. The summed E-state index contributed by atoms with van der Waals surface area (Å²) in [6.45, 7) is 7.42. The van der Waals surface area contributed by atoms with Gasteiger partial charge in [0.1, 0.15) is 0 Å².